The van der Waals surface area contributed by atoms with Gasteiger partial charge >= 0.3 is 5.97 Å². The highest BCUT2D eigenvalue weighted by molar-refractivity contribution is 5.78. The first-order valence-electron chi connectivity index (χ1n) is 10.1. The Kier molecular flexibility index (Phi) is 5.37. The van der Waals surface area contributed by atoms with Crippen molar-refractivity contribution in [2.24, 2.45) is 11.3 Å². The fraction of sp³-hybridized carbons (Fsp3) is 0.320. The Balaban J connectivity index is 1.31. The molecule has 1 saturated carbocycles. The third-order valence-corrected chi connectivity index (χ3v) is 5.73. The molecular weight excluding hydrogens is 381 g/mol. The number of carbonyl (C=O) groups is 1. The first-order chi connectivity index (χ1) is 14.3. The van der Waals surface area contributed by atoms with Gasteiger partial charge in [-0.3, -0.25) is 4.79 Å². The van der Waals surface area contributed by atoms with Crippen molar-refractivity contribution in [3.8, 4) is 5.75 Å². The van der Waals surface area contributed by atoms with Gasteiger partial charge < -0.3 is 14.0 Å². The summed E-state index contributed by atoms with van der Waals surface area (Å²) >= 11 is 0. The summed E-state index contributed by atoms with van der Waals surface area (Å²) in [5, 5.41) is 0. The lowest BCUT2D eigenvalue weighted by atomic mass is 10.1. The summed E-state index contributed by atoms with van der Waals surface area (Å²) in [4.78, 5) is 12.6. The molecule has 1 aliphatic carbocycles. The molecule has 2 unspecified atom stereocenters. The second-order valence-corrected chi connectivity index (χ2v) is 8.58. The SMILES string of the molecule is Cc1ccc(OC2C(C(=O)OCn3ccc(Cc4cccc(F)c4)c3)C2(C)C)cc1. The van der Waals surface area contributed by atoms with E-state index < -0.39 is 0 Å². The summed E-state index contributed by atoms with van der Waals surface area (Å²) in [6.07, 6.45) is 4.21. The van der Waals surface area contributed by atoms with Gasteiger partial charge in [-0.15, -0.1) is 0 Å². The smallest absolute Gasteiger partial charge is 0.315 e. The molecule has 0 amide bonds. The van der Waals surface area contributed by atoms with E-state index in [0.29, 0.717) is 6.42 Å². The average molecular weight is 407 g/mol. The predicted molar refractivity (Wildman–Crippen MR) is 113 cm³/mol. The first-order valence-corrected chi connectivity index (χ1v) is 10.1. The maximum absolute atomic E-state index is 13.3. The second kappa shape index (κ2) is 7.98. The number of hydrogen-bond acceptors (Lipinski definition) is 3. The Hall–Kier alpha value is -3.08. The monoisotopic (exact) mass is 407 g/mol. The molecule has 1 aliphatic rings. The largest absolute Gasteiger partial charge is 0.489 e. The summed E-state index contributed by atoms with van der Waals surface area (Å²) in [6, 6.07) is 16.3. The van der Waals surface area contributed by atoms with E-state index in [9.17, 15) is 9.18 Å². The van der Waals surface area contributed by atoms with Crippen molar-refractivity contribution in [3.63, 3.8) is 0 Å². The number of rotatable bonds is 7. The molecule has 156 valence electrons. The molecular formula is C25H26FNO3. The van der Waals surface area contributed by atoms with Crippen LogP contribution in [0.2, 0.25) is 0 Å². The summed E-state index contributed by atoms with van der Waals surface area (Å²) in [5.41, 5.74) is 2.84. The molecule has 0 N–H and O–H groups in total. The lowest BCUT2D eigenvalue weighted by Gasteiger charge is -2.07. The van der Waals surface area contributed by atoms with Gasteiger partial charge in [-0.25, -0.2) is 4.39 Å². The van der Waals surface area contributed by atoms with Crippen LogP contribution >= 0.6 is 0 Å². The van der Waals surface area contributed by atoms with Crippen LogP contribution in [0.25, 0.3) is 0 Å². The fourth-order valence-corrected chi connectivity index (χ4v) is 3.79. The Morgan fingerprint density at radius 3 is 2.60 bits per heavy atom. The zero-order valence-electron chi connectivity index (χ0n) is 17.5. The standard InChI is InChI=1S/C25H26FNO3/c1-17-7-9-21(10-8-17)30-23-22(25(23,2)3)24(28)29-16-27-12-11-19(15-27)13-18-5-4-6-20(26)14-18/h4-12,14-15,22-23H,13,16H2,1-3H3. The van der Waals surface area contributed by atoms with Crippen molar-refractivity contribution in [3.05, 3.63) is 89.5 Å². The molecule has 4 rings (SSSR count). The van der Waals surface area contributed by atoms with Crippen LogP contribution in [-0.4, -0.2) is 16.6 Å². The van der Waals surface area contributed by atoms with E-state index in [1.807, 2.05) is 74.1 Å². The van der Waals surface area contributed by atoms with E-state index >= 15 is 0 Å². The van der Waals surface area contributed by atoms with Crippen molar-refractivity contribution in [1.82, 2.24) is 4.57 Å². The number of carbonyl (C=O) groups excluding carboxylic acids is 1. The van der Waals surface area contributed by atoms with Crippen LogP contribution in [0, 0.1) is 24.1 Å². The van der Waals surface area contributed by atoms with Crippen molar-refractivity contribution < 1.29 is 18.7 Å². The summed E-state index contributed by atoms with van der Waals surface area (Å²) in [6.45, 7) is 6.21. The van der Waals surface area contributed by atoms with Gasteiger partial charge in [0.2, 0.25) is 0 Å². The van der Waals surface area contributed by atoms with E-state index in [1.54, 1.807) is 6.07 Å². The lowest BCUT2D eigenvalue weighted by Crippen LogP contribution is -2.14. The van der Waals surface area contributed by atoms with Crippen LogP contribution in [0.5, 0.6) is 5.75 Å². The van der Waals surface area contributed by atoms with Gasteiger partial charge in [-0.2, -0.15) is 0 Å². The first kappa shape index (κ1) is 20.2. The van der Waals surface area contributed by atoms with Crippen molar-refractivity contribution in [1.29, 1.82) is 0 Å². The Bertz CT molecular complexity index is 1040. The maximum atomic E-state index is 13.3. The molecule has 4 nitrogen and oxygen atoms in total. The number of hydrogen-bond donors (Lipinski definition) is 0. The van der Waals surface area contributed by atoms with Gasteiger partial charge in [-0.05, 0) is 54.8 Å². The van der Waals surface area contributed by atoms with E-state index in [-0.39, 0.29) is 36.0 Å². The number of halogens is 1. The number of aryl methyl sites for hydroxylation is 1. The average Bonchev–Trinajstić information content (AvgIpc) is 3.01. The second-order valence-electron chi connectivity index (χ2n) is 8.58. The van der Waals surface area contributed by atoms with Crippen LogP contribution in [0.3, 0.4) is 0 Å². The lowest BCUT2D eigenvalue weighted by molar-refractivity contribution is -0.150. The number of nitrogens with zero attached hydrogens (tertiary/aromatic N) is 1. The highest BCUT2D eigenvalue weighted by Gasteiger charge is 2.65. The third kappa shape index (κ3) is 4.40. The highest BCUT2D eigenvalue weighted by Crippen LogP contribution is 2.54. The third-order valence-electron chi connectivity index (χ3n) is 5.73. The topological polar surface area (TPSA) is 40.5 Å². The number of esters is 1. The van der Waals surface area contributed by atoms with Crippen molar-refractivity contribution in [2.45, 2.75) is 40.0 Å². The summed E-state index contributed by atoms with van der Waals surface area (Å²) in [5.74, 6) is -0.0182. The van der Waals surface area contributed by atoms with E-state index in [0.717, 1.165) is 22.4 Å². The normalized spacial score (nSPS) is 19.3. The molecule has 0 bridgehead atoms. The summed E-state index contributed by atoms with van der Waals surface area (Å²) < 4.78 is 26.7. The van der Waals surface area contributed by atoms with Crippen LogP contribution in [0.15, 0.2) is 67.0 Å². The van der Waals surface area contributed by atoms with Gasteiger partial charge in [-0.1, -0.05) is 43.7 Å². The molecule has 0 aliphatic heterocycles. The molecule has 3 aromatic rings. The Labute approximate surface area is 176 Å². The van der Waals surface area contributed by atoms with Gasteiger partial charge in [0.25, 0.3) is 0 Å². The number of aromatic nitrogens is 1. The van der Waals surface area contributed by atoms with Crippen molar-refractivity contribution >= 4 is 5.97 Å². The molecule has 1 heterocycles. The van der Waals surface area contributed by atoms with Crippen LogP contribution in [0.1, 0.15) is 30.5 Å². The number of benzene rings is 2. The van der Waals surface area contributed by atoms with Crippen LogP contribution in [0.4, 0.5) is 4.39 Å². The Morgan fingerprint density at radius 2 is 1.87 bits per heavy atom. The zero-order chi connectivity index (χ0) is 21.3. The molecule has 30 heavy (non-hydrogen) atoms. The quantitative estimate of drug-likeness (QED) is 0.510. The van der Waals surface area contributed by atoms with E-state index in [2.05, 4.69) is 0 Å². The maximum Gasteiger partial charge on any atom is 0.315 e. The van der Waals surface area contributed by atoms with Gasteiger partial charge in [0.15, 0.2) is 6.73 Å². The highest BCUT2D eigenvalue weighted by atomic mass is 19.1. The van der Waals surface area contributed by atoms with Gasteiger partial charge in [0.1, 0.15) is 23.6 Å². The molecule has 1 fully saturated rings. The van der Waals surface area contributed by atoms with Crippen LogP contribution in [-0.2, 0) is 22.7 Å². The fourth-order valence-electron chi connectivity index (χ4n) is 3.79. The minimum Gasteiger partial charge on any atom is -0.489 e. The van der Waals surface area contributed by atoms with Crippen molar-refractivity contribution in [2.75, 3.05) is 0 Å². The number of ether oxygens (including phenoxy) is 2. The summed E-state index contributed by atoms with van der Waals surface area (Å²) in [7, 11) is 0. The molecule has 1 aromatic heterocycles. The zero-order valence-corrected chi connectivity index (χ0v) is 17.5. The van der Waals surface area contributed by atoms with Gasteiger partial charge in [0.05, 0.1) is 0 Å². The molecule has 5 heteroatoms. The molecule has 2 atom stereocenters. The molecule has 0 radical (unpaired) electrons. The Morgan fingerprint density at radius 1 is 1.10 bits per heavy atom. The minimum absolute atomic E-state index is 0.145. The molecule has 0 spiro atoms. The van der Waals surface area contributed by atoms with E-state index in [1.165, 1.54) is 12.1 Å². The minimum atomic E-state index is -0.291. The molecule has 0 saturated heterocycles. The van der Waals surface area contributed by atoms with Gasteiger partial charge in [0, 0.05) is 17.8 Å². The molecule has 2 aromatic carbocycles. The van der Waals surface area contributed by atoms with E-state index in [4.69, 9.17) is 9.47 Å². The predicted octanol–water partition coefficient (Wildman–Crippen LogP) is 5.13. The van der Waals surface area contributed by atoms with Crippen LogP contribution < -0.4 is 4.74 Å².